The lowest BCUT2D eigenvalue weighted by molar-refractivity contribution is 0.0577. The molecule has 1 saturated carbocycles. The van der Waals surface area contributed by atoms with Crippen LogP contribution in [0.25, 0.3) is 0 Å². The molecule has 0 radical (unpaired) electrons. The van der Waals surface area contributed by atoms with E-state index in [1.165, 1.54) is 77.4 Å². The molecular formula is C16H28N2O. The number of ether oxygens (including phenoxy) is 1. The summed E-state index contributed by atoms with van der Waals surface area (Å²) in [5, 5.41) is 3.91. The molecule has 0 aromatic carbocycles. The molecular weight excluding hydrogens is 236 g/mol. The van der Waals surface area contributed by atoms with E-state index in [4.69, 9.17) is 4.74 Å². The summed E-state index contributed by atoms with van der Waals surface area (Å²) in [5.74, 6) is 0. The van der Waals surface area contributed by atoms with Crippen molar-refractivity contribution in [1.29, 1.82) is 0 Å². The van der Waals surface area contributed by atoms with Crippen LogP contribution in [0.2, 0.25) is 0 Å². The molecule has 1 N–H and O–H groups in total. The van der Waals surface area contributed by atoms with E-state index in [1.807, 2.05) is 0 Å². The summed E-state index contributed by atoms with van der Waals surface area (Å²) in [6.07, 6.45) is 13.5. The molecule has 108 valence electrons. The third-order valence-corrected chi connectivity index (χ3v) is 5.98. The Morgan fingerprint density at radius 1 is 1.05 bits per heavy atom. The van der Waals surface area contributed by atoms with Crippen LogP contribution in [0.1, 0.15) is 57.8 Å². The zero-order valence-corrected chi connectivity index (χ0v) is 12.1. The second-order valence-corrected chi connectivity index (χ2v) is 7.27. The van der Waals surface area contributed by atoms with E-state index in [-0.39, 0.29) is 0 Å². The second-order valence-electron chi connectivity index (χ2n) is 7.27. The van der Waals surface area contributed by atoms with E-state index in [2.05, 4.69) is 10.2 Å². The molecule has 19 heavy (non-hydrogen) atoms. The predicted molar refractivity (Wildman–Crippen MR) is 76.3 cm³/mol. The van der Waals surface area contributed by atoms with Crippen molar-refractivity contribution in [2.45, 2.75) is 81.6 Å². The number of fused-ring (bicyclic) bond motifs is 2. The Labute approximate surface area is 117 Å². The van der Waals surface area contributed by atoms with Crippen molar-refractivity contribution in [2.75, 3.05) is 19.6 Å². The molecule has 3 saturated heterocycles. The fourth-order valence-electron chi connectivity index (χ4n) is 5.00. The Hall–Kier alpha value is -0.120. The lowest BCUT2D eigenvalue weighted by atomic mass is 9.80. The van der Waals surface area contributed by atoms with E-state index in [1.54, 1.807) is 0 Å². The van der Waals surface area contributed by atoms with E-state index < -0.39 is 0 Å². The molecule has 4 rings (SSSR count). The van der Waals surface area contributed by atoms with Gasteiger partial charge in [0.15, 0.2) is 0 Å². The minimum Gasteiger partial charge on any atom is -0.373 e. The molecule has 3 heteroatoms. The highest BCUT2D eigenvalue weighted by Gasteiger charge is 2.46. The first-order valence-electron chi connectivity index (χ1n) is 8.49. The van der Waals surface area contributed by atoms with Gasteiger partial charge in [-0.1, -0.05) is 19.3 Å². The summed E-state index contributed by atoms with van der Waals surface area (Å²) >= 11 is 0. The molecule has 4 aliphatic rings. The smallest absolute Gasteiger partial charge is 0.0735 e. The largest absolute Gasteiger partial charge is 0.373 e. The van der Waals surface area contributed by atoms with Crippen LogP contribution in [-0.4, -0.2) is 48.3 Å². The van der Waals surface area contributed by atoms with Gasteiger partial charge in [0.2, 0.25) is 0 Å². The molecule has 3 unspecified atom stereocenters. The Bertz CT molecular complexity index is 327. The molecule has 0 aromatic heterocycles. The van der Waals surface area contributed by atoms with E-state index >= 15 is 0 Å². The Morgan fingerprint density at radius 2 is 1.95 bits per heavy atom. The van der Waals surface area contributed by atoms with Crippen molar-refractivity contribution in [2.24, 2.45) is 0 Å². The van der Waals surface area contributed by atoms with Gasteiger partial charge in [-0.05, 0) is 51.6 Å². The summed E-state index contributed by atoms with van der Waals surface area (Å²) in [6.45, 7) is 3.79. The molecule has 0 amide bonds. The molecule has 0 aromatic rings. The normalized spacial score (nSPS) is 42.6. The standard InChI is InChI=1S/C16H28N2O/c1-2-7-16(8-3-1)12-18(10-4-9-17-16)14-11-13-5-6-15(14)19-13/h13-15,17H,1-12H2. The minimum atomic E-state index is 0.441. The van der Waals surface area contributed by atoms with Gasteiger partial charge in [-0.2, -0.15) is 0 Å². The van der Waals surface area contributed by atoms with Crippen molar-refractivity contribution in [3.8, 4) is 0 Å². The van der Waals surface area contributed by atoms with E-state index in [0.29, 0.717) is 17.7 Å². The average molecular weight is 264 g/mol. The van der Waals surface area contributed by atoms with Crippen LogP contribution >= 0.6 is 0 Å². The zero-order chi connectivity index (χ0) is 12.7. The van der Waals surface area contributed by atoms with Gasteiger partial charge in [-0.3, -0.25) is 4.90 Å². The van der Waals surface area contributed by atoms with Gasteiger partial charge in [0.25, 0.3) is 0 Å². The zero-order valence-electron chi connectivity index (χ0n) is 12.1. The lowest BCUT2D eigenvalue weighted by Crippen LogP contribution is -2.55. The maximum Gasteiger partial charge on any atom is 0.0735 e. The SMILES string of the molecule is C1CCC2(CC1)CN(C1CC3CCC1O3)CCCN2. The van der Waals surface area contributed by atoms with E-state index in [0.717, 1.165) is 6.04 Å². The first-order valence-corrected chi connectivity index (χ1v) is 8.49. The fourth-order valence-corrected chi connectivity index (χ4v) is 5.00. The van der Waals surface area contributed by atoms with Crippen molar-refractivity contribution in [1.82, 2.24) is 10.2 Å². The van der Waals surface area contributed by atoms with Crippen molar-refractivity contribution < 1.29 is 4.74 Å². The molecule has 3 nitrogen and oxygen atoms in total. The highest BCUT2D eigenvalue weighted by Crippen LogP contribution is 2.39. The van der Waals surface area contributed by atoms with Gasteiger partial charge in [-0.25, -0.2) is 0 Å². The predicted octanol–water partition coefficient (Wildman–Crippen LogP) is 2.30. The molecule has 3 heterocycles. The van der Waals surface area contributed by atoms with Gasteiger partial charge in [0.05, 0.1) is 12.2 Å². The van der Waals surface area contributed by atoms with Crippen LogP contribution in [0.15, 0.2) is 0 Å². The van der Waals surface area contributed by atoms with Gasteiger partial charge in [-0.15, -0.1) is 0 Å². The number of nitrogens with one attached hydrogen (secondary N) is 1. The molecule has 2 bridgehead atoms. The second kappa shape index (κ2) is 5.01. The van der Waals surface area contributed by atoms with Gasteiger partial charge in [0.1, 0.15) is 0 Å². The minimum absolute atomic E-state index is 0.441. The highest BCUT2D eigenvalue weighted by atomic mass is 16.5. The summed E-state index contributed by atoms with van der Waals surface area (Å²) in [5.41, 5.74) is 0.441. The van der Waals surface area contributed by atoms with Crippen molar-refractivity contribution >= 4 is 0 Å². The van der Waals surface area contributed by atoms with Gasteiger partial charge >= 0.3 is 0 Å². The van der Waals surface area contributed by atoms with E-state index in [9.17, 15) is 0 Å². The van der Waals surface area contributed by atoms with Crippen LogP contribution in [0.4, 0.5) is 0 Å². The van der Waals surface area contributed by atoms with Crippen LogP contribution in [0.5, 0.6) is 0 Å². The summed E-state index contributed by atoms with van der Waals surface area (Å²) in [4.78, 5) is 2.80. The summed E-state index contributed by atoms with van der Waals surface area (Å²) in [6, 6.07) is 0.734. The first-order chi connectivity index (χ1) is 9.35. The van der Waals surface area contributed by atoms with Crippen LogP contribution < -0.4 is 5.32 Å². The number of nitrogens with zero attached hydrogens (tertiary/aromatic N) is 1. The van der Waals surface area contributed by atoms with Crippen LogP contribution in [0.3, 0.4) is 0 Å². The summed E-state index contributed by atoms with van der Waals surface area (Å²) in [7, 11) is 0. The third kappa shape index (κ3) is 2.34. The van der Waals surface area contributed by atoms with Gasteiger partial charge < -0.3 is 10.1 Å². The number of hydrogen-bond acceptors (Lipinski definition) is 3. The lowest BCUT2D eigenvalue weighted by Gasteiger charge is -2.42. The van der Waals surface area contributed by atoms with Crippen molar-refractivity contribution in [3.63, 3.8) is 0 Å². The molecule has 3 atom stereocenters. The fraction of sp³-hybridized carbons (Fsp3) is 1.00. The number of hydrogen-bond donors (Lipinski definition) is 1. The van der Waals surface area contributed by atoms with Crippen LogP contribution in [0, 0.1) is 0 Å². The molecule has 3 aliphatic heterocycles. The maximum absolute atomic E-state index is 6.09. The van der Waals surface area contributed by atoms with Crippen molar-refractivity contribution in [3.05, 3.63) is 0 Å². The number of rotatable bonds is 1. The molecule has 1 spiro atoms. The topological polar surface area (TPSA) is 24.5 Å². The Kier molecular flexibility index (Phi) is 3.33. The molecule has 1 aliphatic carbocycles. The Balaban J connectivity index is 1.48. The highest BCUT2D eigenvalue weighted by molar-refractivity contribution is 5.01. The first kappa shape index (κ1) is 12.6. The third-order valence-electron chi connectivity index (χ3n) is 5.98. The maximum atomic E-state index is 6.09. The van der Waals surface area contributed by atoms with Gasteiger partial charge in [0, 0.05) is 18.1 Å². The molecule has 4 fully saturated rings. The quantitative estimate of drug-likeness (QED) is 0.786. The van der Waals surface area contributed by atoms with Crippen LogP contribution in [-0.2, 0) is 4.74 Å². The summed E-state index contributed by atoms with van der Waals surface area (Å²) < 4.78 is 6.09. The monoisotopic (exact) mass is 264 g/mol. The Morgan fingerprint density at radius 3 is 2.68 bits per heavy atom. The average Bonchev–Trinajstić information content (AvgIpc) is 3.01.